The van der Waals surface area contributed by atoms with Gasteiger partial charge in [-0.15, -0.1) is 0 Å². The van der Waals surface area contributed by atoms with Crippen LogP contribution in [0.25, 0.3) is 0 Å². The molecule has 0 radical (unpaired) electrons. The third-order valence-electron chi connectivity index (χ3n) is 2.94. The second-order valence-electron chi connectivity index (χ2n) is 4.54. The summed E-state index contributed by atoms with van der Waals surface area (Å²) >= 11 is 0. The zero-order chi connectivity index (χ0) is 16.0. The van der Waals surface area contributed by atoms with Gasteiger partial charge in [0.15, 0.2) is 5.85 Å². The highest BCUT2D eigenvalue weighted by Gasteiger charge is 2.32. The molecule has 0 bridgehead atoms. The molecular formula is C17H16FO3P. The number of halogens is 1. The van der Waals surface area contributed by atoms with E-state index in [-0.39, 0.29) is 6.61 Å². The molecule has 0 spiro atoms. The summed E-state index contributed by atoms with van der Waals surface area (Å²) in [4.78, 5) is 0. The van der Waals surface area contributed by atoms with Gasteiger partial charge in [0, 0.05) is 5.56 Å². The lowest BCUT2D eigenvalue weighted by atomic mass is 10.2. The number of aliphatic hydroxyl groups excluding tert-OH is 1. The van der Waals surface area contributed by atoms with Crippen LogP contribution in [-0.2, 0) is 9.09 Å². The normalized spacial score (nSPS) is 14.5. The minimum atomic E-state index is -3.64. The Morgan fingerprint density at radius 3 is 2.41 bits per heavy atom. The monoisotopic (exact) mass is 318 g/mol. The first-order valence-corrected chi connectivity index (χ1v) is 8.50. The first-order chi connectivity index (χ1) is 10.5. The molecule has 1 N–H and O–H groups in total. The van der Waals surface area contributed by atoms with Crippen LogP contribution in [0.1, 0.15) is 23.9 Å². The Bertz CT molecular complexity index is 717. The number of aliphatic hydroxyl groups is 1. The van der Waals surface area contributed by atoms with Crippen molar-refractivity contribution in [2.45, 2.75) is 12.8 Å². The molecular weight excluding hydrogens is 302 g/mol. The lowest BCUT2D eigenvalue weighted by molar-refractivity contribution is 0.218. The highest BCUT2D eigenvalue weighted by Crippen LogP contribution is 2.57. The predicted octanol–water partition coefficient (Wildman–Crippen LogP) is 4.14. The smallest absolute Gasteiger partial charge is 0.306 e. The molecule has 0 saturated heterocycles. The van der Waals surface area contributed by atoms with Crippen LogP contribution >= 0.6 is 7.37 Å². The van der Waals surface area contributed by atoms with Crippen molar-refractivity contribution in [3.63, 3.8) is 0 Å². The molecule has 2 aromatic carbocycles. The van der Waals surface area contributed by atoms with Crippen LogP contribution in [0, 0.1) is 17.4 Å². The van der Waals surface area contributed by atoms with Crippen LogP contribution in [0.5, 0.6) is 0 Å². The highest BCUT2D eigenvalue weighted by molar-refractivity contribution is 7.64. The highest BCUT2D eigenvalue weighted by atomic mass is 31.2. The summed E-state index contributed by atoms with van der Waals surface area (Å²) in [6.07, 6.45) is 0. The fourth-order valence-corrected chi connectivity index (χ4v) is 3.41. The lowest BCUT2D eigenvalue weighted by Gasteiger charge is -2.18. The molecule has 0 aliphatic rings. The molecule has 5 heteroatoms. The predicted molar refractivity (Wildman–Crippen MR) is 83.9 cm³/mol. The largest absolute Gasteiger partial charge is 0.377 e. The second kappa shape index (κ2) is 7.38. The topological polar surface area (TPSA) is 46.5 Å². The summed E-state index contributed by atoms with van der Waals surface area (Å²) in [5.41, 5.74) is 3.55. The Kier molecular flexibility index (Phi) is 5.51. The first-order valence-electron chi connectivity index (χ1n) is 6.81. The number of hydrogen-bond acceptors (Lipinski definition) is 3. The van der Waals surface area contributed by atoms with Gasteiger partial charge in [-0.1, -0.05) is 36.3 Å². The fraction of sp³-hybridized carbons (Fsp3) is 0.176. The van der Waals surface area contributed by atoms with Gasteiger partial charge < -0.3 is 9.63 Å². The summed E-state index contributed by atoms with van der Waals surface area (Å²) < 4.78 is 31.0. The van der Waals surface area contributed by atoms with Crippen LogP contribution in [-0.4, -0.2) is 11.7 Å². The summed E-state index contributed by atoms with van der Waals surface area (Å²) in [7, 11) is -3.64. The van der Waals surface area contributed by atoms with Gasteiger partial charge in [-0.2, -0.15) is 0 Å². The van der Waals surface area contributed by atoms with Gasteiger partial charge in [-0.3, -0.25) is 4.57 Å². The average Bonchev–Trinajstić information content (AvgIpc) is 2.54. The minimum Gasteiger partial charge on any atom is -0.377 e. The van der Waals surface area contributed by atoms with Crippen LogP contribution in [0.4, 0.5) is 4.39 Å². The molecule has 0 heterocycles. The summed E-state index contributed by atoms with van der Waals surface area (Å²) in [6.45, 7) is 1.83. The summed E-state index contributed by atoms with van der Waals surface area (Å²) in [5, 5.41) is 10.3. The van der Waals surface area contributed by atoms with Crippen molar-refractivity contribution >= 4 is 7.37 Å². The molecule has 114 valence electrons. The third kappa shape index (κ3) is 4.05. The van der Waals surface area contributed by atoms with Crippen molar-refractivity contribution in [1.29, 1.82) is 0 Å². The average molecular weight is 318 g/mol. The van der Waals surface area contributed by atoms with Gasteiger partial charge in [0.25, 0.3) is 0 Å². The Balaban J connectivity index is 2.33. The molecule has 0 unspecified atom stereocenters. The van der Waals surface area contributed by atoms with Crippen molar-refractivity contribution < 1.29 is 18.6 Å². The molecule has 0 amide bonds. The van der Waals surface area contributed by atoms with E-state index in [0.717, 1.165) is 0 Å². The lowest BCUT2D eigenvalue weighted by Crippen LogP contribution is -2.02. The van der Waals surface area contributed by atoms with Gasteiger partial charge in [-0.05, 0) is 42.4 Å². The van der Waals surface area contributed by atoms with E-state index in [1.165, 1.54) is 24.3 Å². The maximum Gasteiger partial charge on any atom is 0.306 e. The Hall–Kier alpha value is -1.92. The maximum atomic E-state index is 13.0. The Labute approximate surface area is 129 Å². The van der Waals surface area contributed by atoms with Crippen LogP contribution in [0.2, 0.25) is 0 Å². The van der Waals surface area contributed by atoms with Gasteiger partial charge in [0.1, 0.15) is 5.82 Å². The molecule has 0 saturated carbocycles. The third-order valence-corrected chi connectivity index (χ3v) is 4.95. The number of rotatable bonds is 4. The number of hydrogen-bond donors (Lipinski definition) is 1. The van der Waals surface area contributed by atoms with E-state index in [2.05, 4.69) is 11.6 Å². The Morgan fingerprint density at radius 2 is 1.82 bits per heavy atom. The standard InChI is InChI=1S/C17H16FO3P/c1-2-21-22(20,13-12-14-6-4-3-5-7-14)17(19)15-8-10-16(18)11-9-15/h3-11,17,19H,2H2,1H3/t17-,22-/m1/s1. The molecule has 22 heavy (non-hydrogen) atoms. The van der Waals surface area contributed by atoms with E-state index in [0.29, 0.717) is 11.1 Å². The van der Waals surface area contributed by atoms with Gasteiger partial charge in [0.2, 0.25) is 0 Å². The first kappa shape index (κ1) is 16.5. The van der Waals surface area contributed by atoms with E-state index in [1.807, 2.05) is 18.2 Å². The quantitative estimate of drug-likeness (QED) is 0.681. The zero-order valence-corrected chi connectivity index (χ0v) is 13.0. The van der Waals surface area contributed by atoms with E-state index < -0.39 is 19.0 Å². The van der Waals surface area contributed by atoms with Crippen molar-refractivity contribution in [2.24, 2.45) is 0 Å². The zero-order valence-electron chi connectivity index (χ0n) is 12.1. The molecule has 2 atom stereocenters. The van der Waals surface area contributed by atoms with Crippen molar-refractivity contribution in [3.8, 4) is 11.6 Å². The van der Waals surface area contributed by atoms with Crippen LogP contribution in [0.3, 0.4) is 0 Å². The van der Waals surface area contributed by atoms with Crippen molar-refractivity contribution in [1.82, 2.24) is 0 Å². The summed E-state index contributed by atoms with van der Waals surface area (Å²) in [6, 6.07) is 14.1. The van der Waals surface area contributed by atoms with Gasteiger partial charge in [-0.25, -0.2) is 4.39 Å². The van der Waals surface area contributed by atoms with Crippen LogP contribution in [0.15, 0.2) is 54.6 Å². The minimum absolute atomic E-state index is 0.152. The van der Waals surface area contributed by atoms with Crippen molar-refractivity contribution in [2.75, 3.05) is 6.61 Å². The van der Waals surface area contributed by atoms with Gasteiger partial charge >= 0.3 is 7.37 Å². The molecule has 0 aliphatic heterocycles. The maximum absolute atomic E-state index is 13.0. The molecule has 0 fully saturated rings. The molecule has 2 rings (SSSR count). The summed E-state index contributed by atoms with van der Waals surface area (Å²) in [5.74, 6) is 0.914. The van der Waals surface area contributed by atoms with E-state index in [9.17, 15) is 14.1 Å². The molecule has 3 nitrogen and oxygen atoms in total. The SMILES string of the molecule is CCO[P@](=O)(C#Cc1ccccc1)[C@@H](O)c1ccc(F)cc1. The Morgan fingerprint density at radius 1 is 1.18 bits per heavy atom. The molecule has 0 aliphatic carbocycles. The van der Waals surface area contributed by atoms with E-state index in [1.54, 1.807) is 19.1 Å². The van der Waals surface area contributed by atoms with E-state index >= 15 is 0 Å². The van der Waals surface area contributed by atoms with E-state index in [4.69, 9.17) is 4.52 Å². The second-order valence-corrected chi connectivity index (χ2v) is 6.71. The van der Waals surface area contributed by atoms with Crippen LogP contribution < -0.4 is 0 Å². The molecule has 2 aromatic rings. The molecule has 0 aromatic heterocycles. The van der Waals surface area contributed by atoms with Crippen molar-refractivity contribution in [3.05, 3.63) is 71.5 Å². The fourth-order valence-electron chi connectivity index (χ4n) is 1.85. The number of benzene rings is 2. The van der Waals surface area contributed by atoms with Gasteiger partial charge in [0.05, 0.1) is 6.61 Å².